The van der Waals surface area contributed by atoms with E-state index < -0.39 is 30.9 Å². The molecule has 2 saturated heterocycles. The zero-order valence-corrected chi connectivity index (χ0v) is 12.7. The molecule has 3 rings (SSSR count). The second kappa shape index (κ2) is 7.21. The number of carbonyl (C=O) groups excluding carboxylic acids is 1. The van der Waals surface area contributed by atoms with Gasteiger partial charge < -0.3 is 23.7 Å². The molecule has 2 aliphatic rings. The smallest absolute Gasteiger partial charge is 0.198 e. The van der Waals surface area contributed by atoms with Gasteiger partial charge in [-0.2, -0.15) is 0 Å². The number of Topliss-reactive ketones (excluding diaryl/α,β-unsaturated/α-hetero) is 1. The van der Waals surface area contributed by atoms with Crippen LogP contribution in [-0.2, 0) is 28.5 Å². The Morgan fingerprint density at radius 2 is 2.09 bits per heavy atom. The predicted octanol–water partition coefficient (Wildman–Crippen LogP) is 1.06. The standard InChI is InChI=1S/C17H18O6/c1-3-9-20-15-13(18)14-12(22-17(15)19-2)10-21-16(23-14)11-7-5-4-6-8-11/h1,4-8,12,14-17H,9-10H2,2H3/t12?,14?,15-,16-,17+/m1/s1. The van der Waals surface area contributed by atoms with Crippen molar-refractivity contribution in [3.8, 4) is 12.3 Å². The Bertz CT molecular complexity index is 580. The van der Waals surface area contributed by atoms with Crippen molar-refractivity contribution >= 4 is 5.78 Å². The van der Waals surface area contributed by atoms with Crippen LogP contribution in [0.4, 0.5) is 0 Å². The molecule has 23 heavy (non-hydrogen) atoms. The monoisotopic (exact) mass is 318 g/mol. The van der Waals surface area contributed by atoms with Crippen molar-refractivity contribution < 1.29 is 28.5 Å². The van der Waals surface area contributed by atoms with E-state index in [-0.39, 0.29) is 19.0 Å². The summed E-state index contributed by atoms with van der Waals surface area (Å²) in [5.74, 6) is 2.09. The van der Waals surface area contributed by atoms with E-state index in [0.717, 1.165) is 5.56 Å². The Kier molecular flexibility index (Phi) is 5.06. The van der Waals surface area contributed by atoms with Crippen LogP contribution in [0, 0.1) is 12.3 Å². The first kappa shape index (κ1) is 16.1. The van der Waals surface area contributed by atoms with Crippen LogP contribution >= 0.6 is 0 Å². The molecule has 0 saturated carbocycles. The second-order valence-corrected chi connectivity index (χ2v) is 5.25. The number of hydrogen-bond acceptors (Lipinski definition) is 6. The Hall–Kier alpha value is -1.75. The summed E-state index contributed by atoms with van der Waals surface area (Å²) in [5.41, 5.74) is 0.841. The maximum absolute atomic E-state index is 12.7. The predicted molar refractivity (Wildman–Crippen MR) is 79.3 cm³/mol. The summed E-state index contributed by atoms with van der Waals surface area (Å²) in [7, 11) is 1.45. The molecule has 6 heteroatoms. The largest absolute Gasteiger partial charge is 0.353 e. The SMILES string of the molecule is C#CCO[C@@H]1C(=O)C2O[C@H](c3ccccc3)OCC2O[C@@H]1OC. The van der Waals surface area contributed by atoms with Crippen LogP contribution in [0.25, 0.3) is 0 Å². The van der Waals surface area contributed by atoms with Crippen LogP contribution in [0.15, 0.2) is 30.3 Å². The normalized spacial score (nSPS) is 33.7. The summed E-state index contributed by atoms with van der Waals surface area (Å²) >= 11 is 0. The first-order valence-electron chi connectivity index (χ1n) is 7.33. The zero-order valence-electron chi connectivity index (χ0n) is 12.7. The number of benzene rings is 1. The van der Waals surface area contributed by atoms with Crippen molar-refractivity contribution in [2.45, 2.75) is 30.9 Å². The van der Waals surface area contributed by atoms with E-state index in [1.54, 1.807) is 0 Å². The lowest BCUT2D eigenvalue weighted by atomic mass is 9.99. The summed E-state index contributed by atoms with van der Waals surface area (Å²) in [6, 6.07) is 9.42. The molecule has 0 spiro atoms. The molecule has 0 aliphatic carbocycles. The summed E-state index contributed by atoms with van der Waals surface area (Å²) in [6.07, 6.45) is 1.54. The van der Waals surface area contributed by atoms with E-state index in [9.17, 15) is 4.79 Å². The van der Waals surface area contributed by atoms with Gasteiger partial charge in [-0.1, -0.05) is 36.3 Å². The molecule has 0 radical (unpaired) electrons. The van der Waals surface area contributed by atoms with Crippen molar-refractivity contribution in [1.82, 2.24) is 0 Å². The molecule has 1 aromatic carbocycles. The summed E-state index contributed by atoms with van der Waals surface area (Å²) < 4.78 is 27.8. The third-order valence-electron chi connectivity index (χ3n) is 3.79. The molecule has 2 heterocycles. The number of rotatable bonds is 4. The van der Waals surface area contributed by atoms with E-state index in [2.05, 4.69) is 5.92 Å². The fourth-order valence-corrected chi connectivity index (χ4v) is 2.69. The van der Waals surface area contributed by atoms with Crippen molar-refractivity contribution in [2.24, 2.45) is 0 Å². The first-order chi connectivity index (χ1) is 11.2. The van der Waals surface area contributed by atoms with E-state index >= 15 is 0 Å². The highest BCUT2D eigenvalue weighted by Crippen LogP contribution is 2.33. The molecule has 122 valence electrons. The summed E-state index contributed by atoms with van der Waals surface area (Å²) in [4.78, 5) is 12.7. The van der Waals surface area contributed by atoms with Crippen LogP contribution in [0.3, 0.4) is 0 Å². The quantitative estimate of drug-likeness (QED) is 0.774. The molecular weight excluding hydrogens is 300 g/mol. The van der Waals surface area contributed by atoms with Gasteiger partial charge in [0.1, 0.15) is 12.7 Å². The number of hydrogen-bond donors (Lipinski definition) is 0. The van der Waals surface area contributed by atoms with Gasteiger partial charge in [-0.15, -0.1) is 6.42 Å². The minimum atomic E-state index is -0.910. The van der Waals surface area contributed by atoms with Gasteiger partial charge in [0.2, 0.25) is 0 Å². The average molecular weight is 318 g/mol. The fourth-order valence-electron chi connectivity index (χ4n) is 2.69. The van der Waals surface area contributed by atoms with Crippen molar-refractivity contribution in [2.75, 3.05) is 20.3 Å². The number of ketones is 1. The summed E-state index contributed by atoms with van der Waals surface area (Å²) in [5, 5.41) is 0. The second-order valence-electron chi connectivity index (χ2n) is 5.25. The highest BCUT2D eigenvalue weighted by atomic mass is 16.8. The van der Waals surface area contributed by atoms with Crippen molar-refractivity contribution in [3.63, 3.8) is 0 Å². The Morgan fingerprint density at radius 1 is 1.30 bits per heavy atom. The van der Waals surface area contributed by atoms with Gasteiger partial charge in [0, 0.05) is 12.7 Å². The van der Waals surface area contributed by atoms with E-state index in [0.29, 0.717) is 0 Å². The maximum Gasteiger partial charge on any atom is 0.198 e. The number of methoxy groups -OCH3 is 1. The van der Waals surface area contributed by atoms with Gasteiger partial charge in [-0.3, -0.25) is 4.79 Å². The van der Waals surface area contributed by atoms with Gasteiger partial charge in [-0.25, -0.2) is 0 Å². The van der Waals surface area contributed by atoms with Crippen LogP contribution in [-0.4, -0.2) is 50.7 Å². The van der Waals surface area contributed by atoms with Gasteiger partial charge in [0.05, 0.1) is 6.61 Å². The average Bonchev–Trinajstić information content (AvgIpc) is 2.61. The van der Waals surface area contributed by atoms with Crippen LogP contribution in [0.2, 0.25) is 0 Å². The lowest BCUT2D eigenvalue weighted by molar-refractivity contribution is -0.316. The van der Waals surface area contributed by atoms with Crippen LogP contribution < -0.4 is 0 Å². The van der Waals surface area contributed by atoms with Gasteiger partial charge >= 0.3 is 0 Å². The van der Waals surface area contributed by atoms with E-state index in [1.165, 1.54) is 7.11 Å². The summed E-state index contributed by atoms with van der Waals surface area (Å²) in [6.45, 7) is 0.229. The molecule has 1 aromatic rings. The zero-order chi connectivity index (χ0) is 16.2. The van der Waals surface area contributed by atoms with Gasteiger partial charge in [0.15, 0.2) is 30.6 Å². The minimum Gasteiger partial charge on any atom is -0.353 e. The highest BCUT2D eigenvalue weighted by Gasteiger charge is 2.50. The number of carbonyl (C=O) groups is 1. The van der Waals surface area contributed by atoms with E-state index in [4.69, 9.17) is 30.1 Å². The number of terminal acetylenes is 1. The van der Waals surface area contributed by atoms with Crippen molar-refractivity contribution in [3.05, 3.63) is 35.9 Å². The number of ether oxygens (including phenoxy) is 5. The Labute approximate surface area is 134 Å². The molecule has 5 atom stereocenters. The topological polar surface area (TPSA) is 63.2 Å². The van der Waals surface area contributed by atoms with Gasteiger partial charge in [0.25, 0.3) is 0 Å². The first-order valence-corrected chi connectivity index (χ1v) is 7.33. The molecule has 6 nitrogen and oxygen atoms in total. The lowest BCUT2D eigenvalue weighted by Crippen LogP contribution is -2.60. The minimum absolute atomic E-state index is 0.00434. The molecule has 2 aliphatic heterocycles. The molecule has 0 N–H and O–H groups in total. The van der Waals surface area contributed by atoms with Crippen LogP contribution in [0.5, 0.6) is 0 Å². The third kappa shape index (κ3) is 3.29. The Balaban J connectivity index is 1.75. The van der Waals surface area contributed by atoms with E-state index in [1.807, 2.05) is 30.3 Å². The van der Waals surface area contributed by atoms with Crippen LogP contribution in [0.1, 0.15) is 11.9 Å². The lowest BCUT2D eigenvalue weighted by Gasteiger charge is -2.43. The highest BCUT2D eigenvalue weighted by molar-refractivity contribution is 5.89. The van der Waals surface area contributed by atoms with Crippen molar-refractivity contribution in [1.29, 1.82) is 0 Å². The fraction of sp³-hybridized carbons (Fsp3) is 0.471. The molecule has 2 fully saturated rings. The third-order valence-corrected chi connectivity index (χ3v) is 3.79. The number of fused-ring (bicyclic) bond motifs is 1. The maximum atomic E-state index is 12.7. The molecule has 2 unspecified atom stereocenters. The molecular formula is C17H18O6. The molecule has 0 aromatic heterocycles. The van der Waals surface area contributed by atoms with Gasteiger partial charge in [-0.05, 0) is 0 Å². The molecule has 0 bridgehead atoms. The molecule has 0 amide bonds. The Morgan fingerprint density at radius 3 is 2.78 bits per heavy atom.